The number of piperidine rings is 1. The average Bonchev–Trinajstić information content (AvgIpc) is 2.84. The van der Waals surface area contributed by atoms with Gasteiger partial charge < -0.3 is 15.0 Å². The van der Waals surface area contributed by atoms with E-state index in [0.29, 0.717) is 54.5 Å². The van der Waals surface area contributed by atoms with Crippen molar-refractivity contribution in [2.24, 2.45) is 5.92 Å². The predicted molar refractivity (Wildman–Crippen MR) is 133 cm³/mol. The lowest BCUT2D eigenvalue weighted by atomic mass is 9.98. The molecular weight excluding hydrogens is 468 g/mol. The number of hydrogen-bond donors (Lipinski definition) is 2. The van der Waals surface area contributed by atoms with E-state index in [4.69, 9.17) is 4.74 Å². The molecule has 9 nitrogen and oxygen atoms in total. The van der Waals surface area contributed by atoms with Gasteiger partial charge in [0.2, 0.25) is 15.9 Å². The zero-order valence-electron chi connectivity index (χ0n) is 19.7. The van der Waals surface area contributed by atoms with Crippen molar-refractivity contribution in [3.63, 3.8) is 0 Å². The topological polar surface area (TPSA) is 121 Å². The molecule has 1 aliphatic rings. The first-order valence-electron chi connectivity index (χ1n) is 11.5. The largest absolute Gasteiger partial charge is 0.494 e. The van der Waals surface area contributed by atoms with Crippen LogP contribution >= 0.6 is 0 Å². The molecule has 184 valence electrons. The Kier molecular flexibility index (Phi) is 7.32. The fraction of sp³-hybridized carbons (Fsp3) is 0.320. The van der Waals surface area contributed by atoms with Gasteiger partial charge in [-0.3, -0.25) is 9.59 Å². The van der Waals surface area contributed by atoms with Crippen LogP contribution in [0.15, 0.2) is 64.3 Å². The number of aromatic amines is 1. The summed E-state index contributed by atoms with van der Waals surface area (Å²) in [6.07, 6.45) is 1.18. The summed E-state index contributed by atoms with van der Waals surface area (Å²) in [7, 11) is -3.73. The van der Waals surface area contributed by atoms with Crippen molar-refractivity contribution in [2.45, 2.75) is 31.6 Å². The van der Waals surface area contributed by atoms with E-state index in [0.717, 1.165) is 0 Å². The van der Waals surface area contributed by atoms with Crippen molar-refractivity contribution >= 4 is 21.6 Å². The maximum atomic E-state index is 13.2. The van der Waals surface area contributed by atoms with E-state index in [9.17, 15) is 18.0 Å². The monoisotopic (exact) mass is 496 g/mol. The Hall–Kier alpha value is -3.50. The number of aryl methyl sites for hydroxylation is 1. The molecule has 1 fully saturated rings. The van der Waals surface area contributed by atoms with E-state index in [1.165, 1.54) is 22.5 Å². The number of hydrogen-bond acceptors (Lipinski definition) is 6. The van der Waals surface area contributed by atoms with Crippen molar-refractivity contribution in [3.05, 3.63) is 70.6 Å². The van der Waals surface area contributed by atoms with E-state index >= 15 is 0 Å². The molecule has 0 radical (unpaired) electrons. The molecule has 0 aliphatic carbocycles. The second kappa shape index (κ2) is 10.4. The van der Waals surface area contributed by atoms with Gasteiger partial charge in [-0.25, -0.2) is 13.4 Å². The van der Waals surface area contributed by atoms with Crippen LogP contribution in [0.4, 0.5) is 5.69 Å². The number of benzene rings is 2. The zero-order valence-corrected chi connectivity index (χ0v) is 20.5. The lowest BCUT2D eigenvalue weighted by Gasteiger charge is -2.31. The summed E-state index contributed by atoms with van der Waals surface area (Å²) in [6.45, 7) is 4.56. The normalized spacial score (nSPS) is 16.6. The van der Waals surface area contributed by atoms with Gasteiger partial charge in [-0.1, -0.05) is 12.1 Å². The third-order valence-corrected chi connectivity index (χ3v) is 7.68. The number of ether oxygens (including phenoxy) is 1. The highest BCUT2D eigenvalue weighted by Gasteiger charge is 2.33. The smallest absolute Gasteiger partial charge is 0.251 e. The second-order valence-corrected chi connectivity index (χ2v) is 10.3. The van der Waals surface area contributed by atoms with Crippen LogP contribution in [0.1, 0.15) is 25.5 Å². The zero-order chi connectivity index (χ0) is 25.0. The van der Waals surface area contributed by atoms with Crippen LogP contribution in [0, 0.1) is 12.8 Å². The third kappa shape index (κ3) is 5.77. The Morgan fingerprint density at radius 2 is 1.97 bits per heavy atom. The van der Waals surface area contributed by atoms with Crippen molar-refractivity contribution in [1.29, 1.82) is 0 Å². The fourth-order valence-electron chi connectivity index (χ4n) is 4.10. The summed E-state index contributed by atoms with van der Waals surface area (Å²) in [5.74, 6) is 0.284. The van der Waals surface area contributed by atoms with Crippen molar-refractivity contribution < 1.29 is 17.9 Å². The molecule has 1 amide bonds. The van der Waals surface area contributed by atoms with Gasteiger partial charge in [0.15, 0.2) is 0 Å². The number of H-pyrrole nitrogens is 1. The lowest BCUT2D eigenvalue weighted by molar-refractivity contribution is -0.120. The molecule has 1 aromatic heterocycles. The Morgan fingerprint density at radius 3 is 2.69 bits per heavy atom. The number of nitrogens with zero attached hydrogens (tertiary/aromatic N) is 2. The molecular formula is C25H28N4O5S. The quantitative estimate of drug-likeness (QED) is 0.518. The molecule has 1 atom stereocenters. The Bertz CT molecular complexity index is 1370. The highest BCUT2D eigenvalue weighted by molar-refractivity contribution is 7.89. The van der Waals surface area contributed by atoms with Crippen LogP contribution in [-0.4, -0.2) is 48.3 Å². The van der Waals surface area contributed by atoms with Crippen LogP contribution in [0.25, 0.3) is 11.4 Å². The van der Waals surface area contributed by atoms with Gasteiger partial charge in [0.1, 0.15) is 11.6 Å². The highest BCUT2D eigenvalue weighted by atomic mass is 32.2. The maximum Gasteiger partial charge on any atom is 0.251 e. The average molecular weight is 497 g/mol. The number of amides is 1. The first kappa shape index (κ1) is 24.6. The standard InChI is InChI=1S/C25H28N4O5S/c1-3-34-21-9-11-22(12-10-21)35(32,33)29-13-5-7-19(16-29)25(31)27-20-8-4-6-18(15-20)24-26-17(2)14-23(30)28-24/h4,6,8-12,14-15,19H,3,5,7,13,16H2,1-2H3,(H,27,31)(H,26,28,30). The van der Waals surface area contributed by atoms with Gasteiger partial charge >= 0.3 is 0 Å². The molecule has 2 N–H and O–H groups in total. The van der Waals surface area contributed by atoms with E-state index in [1.54, 1.807) is 43.3 Å². The Morgan fingerprint density at radius 1 is 1.20 bits per heavy atom. The van der Waals surface area contributed by atoms with Crippen LogP contribution < -0.4 is 15.6 Å². The number of anilines is 1. The molecule has 0 bridgehead atoms. The summed E-state index contributed by atoms with van der Waals surface area (Å²) in [5, 5.41) is 2.89. The van der Waals surface area contributed by atoms with Crippen LogP contribution in [0.2, 0.25) is 0 Å². The van der Waals surface area contributed by atoms with Crippen LogP contribution in [0.5, 0.6) is 5.75 Å². The van der Waals surface area contributed by atoms with Gasteiger partial charge in [0.25, 0.3) is 5.56 Å². The molecule has 1 saturated heterocycles. The Balaban J connectivity index is 1.46. The first-order chi connectivity index (χ1) is 16.8. The van der Waals surface area contributed by atoms with Gasteiger partial charge in [-0.15, -0.1) is 0 Å². The van der Waals surface area contributed by atoms with Crippen LogP contribution in [0.3, 0.4) is 0 Å². The molecule has 2 aromatic carbocycles. The Labute approximate surface area is 204 Å². The summed E-state index contributed by atoms with van der Waals surface area (Å²) in [5.41, 5.74) is 1.54. The molecule has 35 heavy (non-hydrogen) atoms. The number of carbonyl (C=O) groups excluding carboxylic acids is 1. The number of aromatic nitrogens is 2. The van der Waals surface area contributed by atoms with Gasteiger partial charge in [0, 0.05) is 36.1 Å². The number of rotatable bonds is 7. The SMILES string of the molecule is CCOc1ccc(S(=O)(=O)N2CCCC(C(=O)Nc3cccc(-c4nc(C)cc(=O)[nH]4)c3)C2)cc1. The number of carbonyl (C=O) groups is 1. The van der Waals surface area contributed by atoms with Crippen molar-refractivity contribution in [1.82, 2.24) is 14.3 Å². The molecule has 1 unspecified atom stereocenters. The predicted octanol–water partition coefficient (Wildman–Crippen LogP) is 3.18. The molecule has 1 aliphatic heterocycles. The fourth-order valence-corrected chi connectivity index (χ4v) is 5.63. The van der Waals surface area contributed by atoms with Gasteiger partial charge in [0.05, 0.1) is 17.4 Å². The number of nitrogens with one attached hydrogen (secondary N) is 2. The molecule has 10 heteroatoms. The summed E-state index contributed by atoms with van der Waals surface area (Å²) in [4.78, 5) is 32.0. The summed E-state index contributed by atoms with van der Waals surface area (Å²) in [6, 6.07) is 14.8. The van der Waals surface area contributed by atoms with E-state index in [1.807, 2.05) is 6.92 Å². The van der Waals surface area contributed by atoms with Crippen LogP contribution in [-0.2, 0) is 14.8 Å². The lowest BCUT2D eigenvalue weighted by Crippen LogP contribution is -2.43. The summed E-state index contributed by atoms with van der Waals surface area (Å²) >= 11 is 0. The van der Waals surface area contributed by atoms with E-state index in [-0.39, 0.29) is 22.9 Å². The molecule has 0 saturated carbocycles. The molecule has 0 spiro atoms. The third-order valence-electron chi connectivity index (χ3n) is 5.80. The second-order valence-electron chi connectivity index (χ2n) is 8.41. The highest BCUT2D eigenvalue weighted by Crippen LogP contribution is 2.27. The minimum atomic E-state index is -3.73. The van der Waals surface area contributed by atoms with E-state index in [2.05, 4.69) is 15.3 Å². The maximum absolute atomic E-state index is 13.2. The molecule has 2 heterocycles. The first-order valence-corrected chi connectivity index (χ1v) is 12.9. The van der Waals surface area contributed by atoms with Gasteiger partial charge in [-0.05, 0) is 63.1 Å². The van der Waals surface area contributed by atoms with Gasteiger partial charge in [-0.2, -0.15) is 4.31 Å². The summed E-state index contributed by atoms with van der Waals surface area (Å²) < 4.78 is 33.1. The minimum absolute atomic E-state index is 0.105. The van der Waals surface area contributed by atoms with Crippen molar-refractivity contribution in [2.75, 3.05) is 25.0 Å². The number of sulfonamides is 1. The molecule has 3 aromatic rings. The van der Waals surface area contributed by atoms with E-state index < -0.39 is 15.9 Å². The minimum Gasteiger partial charge on any atom is -0.494 e. The van der Waals surface area contributed by atoms with Crippen molar-refractivity contribution in [3.8, 4) is 17.1 Å². The molecule has 4 rings (SSSR count).